The Morgan fingerprint density at radius 1 is 1.16 bits per heavy atom. The normalized spacial score (nSPS) is 15.0. The van der Waals surface area contributed by atoms with Crippen molar-refractivity contribution in [2.24, 2.45) is 0 Å². The summed E-state index contributed by atoms with van der Waals surface area (Å²) in [6.45, 7) is 0.604. The molecule has 1 aliphatic heterocycles. The lowest BCUT2D eigenvalue weighted by Gasteiger charge is -2.34. The van der Waals surface area contributed by atoms with Crippen LogP contribution in [-0.2, 0) is 21.2 Å². The van der Waals surface area contributed by atoms with Crippen molar-refractivity contribution in [1.29, 1.82) is 0 Å². The number of aryl methyl sites for hydroxylation is 1. The third-order valence-electron chi connectivity index (χ3n) is 5.11. The van der Waals surface area contributed by atoms with E-state index in [2.05, 4.69) is 0 Å². The van der Waals surface area contributed by atoms with Crippen molar-refractivity contribution in [3.63, 3.8) is 0 Å². The molecule has 2 aromatic rings. The molecule has 0 N–H and O–H groups in total. The molecular formula is C20H22ClN3O6S. The molecule has 31 heavy (non-hydrogen) atoms. The number of ether oxygens (including phenoxy) is 1. The maximum Gasteiger partial charge on any atom is 0.289 e. The number of carbonyl (C=O) groups is 1. The Balaban J connectivity index is 1.59. The average molecular weight is 468 g/mol. The van der Waals surface area contributed by atoms with Crippen LogP contribution < -0.4 is 4.74 Å². The molecule has 0 unspecified atom stereocenters. The quantitative estimate of drug-likeness (QED) is 0.457. The SMILES string of the molecule is COc1ccc(CCC(=O)N2CCN(S(=O)(=O)c3ccccc3[N+](=O)[O-])CC2)cc1Cl. The molecule has 1 amide bonds. The van der Waals surface area contributed by atoms with E-state index in [1.165, 1.54) is 29.6 Å². The molecule has 1 aliphatic rings. The first-order valence-electron chi connectivity index (χ1n) is 9.58. The number of amides is 1. The van der Waals surface area contributed by atoms with Gasteiger partial charge in [-0.3, -0.25) is 14.9 Å². The number of nitro groups is 1. The molecule has 0 aromatic heterocycles. The van der Waals surface area contributed by atoms with Gasteiger partial charge in [0, 0.05) is 38.7 Å². The molecule has 3 rings (SSSR count). The average Bonchev–Trinajstić information content (AvgIpc) is 2.77. The second kappa shape index (κ2) is 9.63. The number of para-hydroxylation sites is 1. The Bertz CT molecular complexity index is 1080. The number of benzene rings is 2. The molecule has 9 nitrogen and oxygen atoms in total. The summed E-state index contributed by atoms with van der Waals surface area (Å²) in [5.41, 5.74) is 0.441. The summed E-state index contributed by atoms with van der Waals surface area (Å²) in [4.78, 5) is 24.3. The maximum atomic E-state index is 12.9. The number of halogens is 1. The van der Waals surface area contributed by atoms with Crippen molar-refractivity contribution >= 4 is 33.2 Å². The lowest BCUT2D eigenvalue weighted by Crippen LogP contribution is -2.50. The number of methoxy groups -OCH3 is 1. The van der Waals surface area contributed by atoms with Gasteiger partial charge in [0.15, 0.2) is 4.90 Å². The van der Waals surface area contributed by atoms with Crippen LogP contribution in [-0.4, -0.2) is 61.7 Å². The Labute approximate surface area is 185 Å². The van der Waals surface area contributed by atoms with Crippen LogP contribution in [0.4, 0.5) is 5.69 Å². The lowest BCUT2D eigenvalue weighted by atomic mass is 10.1. The number of hydrogen-bond donors (Lipinski definition) is 0. The van der Waals surface area contributed by atoms with Gasteiger partial charge in [0.25, 0.3) is 5.69 Å². The van der Waals surface area contributed by atoms with Gasteiger partial charge in [-0.1, -0.05) is 29.8 Å². The lowest BCUT2D eigenvalue weighted by molar-refractivity contribution is -0.387. The van der Waals surface area contributed by atoms with Crippen molar-refractivity contribution in [2.75, 3.05) is 33.3 Å². The van der Waals surface area contributed by atoms with Crippen molar-refractivity contribution in [3.8, 4) is 5.75 Å². The van der Waals surface area contributed by atoms with E-state index in [1.807, 2.05) is 6.07 Å². The number of piperazine rings is 1. The zero-order valence-electron chi connectivity index (χ0n) is 16.9. The molecule has 1 fully saturated rings. The summed E-state index contributed by atoms with van der Waals surface area (Å²) in [6.07, 6.45) is 0.761. The van der Waals surface area contributed by atoms with E-state index in [-0.39, 0.29) is 43.4 Å². The van der Waals surface area contributed by atoms with Gasteiger partial charge in [-0.15, -0.1) is 0 Å². The summed E-state index contributed by atoms with van der Waals surface area (Å²) in [5, 5.41) is 11.7. The Morgan fingerprint density at radius 3 is 2.45 bits per heavy atom. The monoisotopic (exact) mass is 467 g/mol. The standard InChI is InChI=1S/C20H22ClN3O6S/c1-30-18-8-6-15(14-16(18)21)7-9-20(25)22-10-12-23(13-11-22)31(28,29)19-5-3-2-4-17(19)24(26)27/h2-6,8,14H,7,9-13H2,1H3. The van der Waals surface area contributed by atoms with Gasteiger partial charge >= 0.3 is 0 Å². The number of hydrogen-bond acceptors (Lipinski definition) is 6. The zero-order valence-corrected chi connectivity index (χ0v) is 18.4. The largest absolute Gasteiger partial charge is 0.495 e. The van der Waals surface area contributed by atoms with Gasteiger partial charge in [0.05, 0.1) is 17.1 Å². The molecule has 0 atom stereocenters. The fourth-order valence-corrected chi connectivity index (χ4v) is 5.28. The topological polar surface area (TPSA) is 110 Å². The third kappa shape index (κ3) is 5.15. The zero-order chi connectivity index (χ0) is 22.6. The van der Waals surface area contributed by atoms with Gasteiger partial charge in [0.2, 0.25) is 15.9 Å². The number of sulfonamides is 1. The first-order chi connectivity index (χ1) is 14.7. The number of rotatable bonds is 7. The van der Waals surface area contributed by atoms with E-state index in [9.17, 15) is 23.3 Å². The molecule has 0 bridgehead atoms. The highest BCUT2D eigenvalue weighted by atomic mass is 35.5. The predicted octanol–water partition coefficient (Wildman–Crippen LogP) is 2.72. The molecule has 166 valence electrons. The van der Waals surface area contributed by atoms with Crippen LogP contribution in [0.5, 0.6) is 5.75 Å². The molecule has 1 saturated heterocycles. The van der Waals surface area contributed by atoms with Crippen LogP contribution in [0.3, 0.4) is 0 Å². The second-order valence-electron chi connectivity index (χ2n) is 6.98. The highest BCUT2D eigenvalue weighted by molar-refractivity contribution is 7.89. The predicted molar refractivity (Wildman–Crippen MR) is 115 cm³/mol. The van der Waals surface area contributed by atoms with Crippen LogP contribution in [0.25, 0.3) is 0 Å². The molecular weight excluding hydrogens is 446 g/mol. The van der Waals surface area contributed by atoms with Crippen LogP contribution >= 0.6 is 11.6 Å². The number of nitro benzene ring substituents is 1. The number of nitrogens with zero attached hydrogens (tertiary/aromatic N) is 3. The second-order valence-corrected chi connectivity index (χ2v) is 9.29. The minimum absolute atomic E-state index is 0.0779. The molecule has 2 aromatic carbocycles. The van der Waals surface area contributed by atoms with Crippen molar-refractivity contribution < 1.29 is 22.9 Å². The van der Waals surface area contributed by atoms with Gasteiger partial charge in [-0.2, -0.15) is 4.31 Å². The first-order valence-corrected chi connectivity index (χ1v) is 11.4. The van der Waals surface area contributed by atoms with E-state index in [0.29, 0.717) is 17.2 Å². The Hall–Kier alpha value is -2.69. The van der Waals surface area contributed by atoms with E-state index >= 15 is 0 Å². The Morgan fingerprint density at radius 2 is 1.84 bits per heavy atom. The maximum absolute atomic E-state index is 12.9. The smallest absolute Gasteiger partial charge is 0.289 e. The fourth-order valence-electron chi connectivity index (χ4n) is 3.42. The van der Waals surface area contributed by atoms with Gasteiger partial charge in [0.1, 0.15) is 5.75 Å². The Kier molecular flexibility index (Phi) is 7.14. The van der Waals surface area contributed by atoms with Crippen LogP contribution in [0.2, 0.25) is 5.02 Å². The summed E-state index contributed by atoms with van der Waals surface area (Å²) in [6, 6.07) is 10.6. The van der Waals surface area contributed by atoms with Gasteiger partial charge in [-0.05, 0) is 30.2 Å². The van der Waals surface area contributed by atoms with Crippen LogP contribution in [0, 0.1) is 10.1 Å². The highest BCUT2D eigenvalue weighted by Crippen LogP contribution is 2.27. The number of carbonyl (C=O) groups excluding carboxylic acids is 1. The van der Waals surface area contributed by atoms with Gasteiger partial charge in [-0.25, -0.2) is 8.42 Å². The molecule has 1 heterocycles. The fraction of sp³-hybridized carbons (Fsp3) is 0.350. The molecule has 0 aliphatic carbocycles. The summed E-state index contributed by atoms with van der Waals surface area (Å²) in [7, 11) is -2.50. The van der Waals surface area contributed by atoms with E-state index in [1.54, 1.807) is 17.0 Å². The van der Waals surface area contributed by atoms with Gasteiger partial charge < -0.3 is 9.64 Å². The van der Waals surface area contributed by atoms with E-state index in [0.717, 1.165) is 11.6 Å². The molecule has 11 heteroatoms. The summed E-state index contributed by atoms with van der Waals surface area (Å²) < 4.78 is 32.1. The molecule has 0 saturated carbocycles. The van der Waals surface area contributed by atoms with Crippen molar-refractivity contribution in [3.05, 3.63) is 63.2 Å². The van der Waals surface area contributed by atoms with Crippen LogP contribution in [0.15, 0.2) is 47.4 Å². The van der Waals surface area contributed by atoms with Crippen molar-refractivity contribution in [2.45, 2.75) is 17.7 Å². The minimum Gasteiger partial charge on any atom is -0.495 e. The van der Waals surface area contributed by atoms with E-state index in [4.69, 9.17) is 16.3 Å². The highest BCUT2D eigenvalue weighted by Gasteiger charge is 2.34. The first kappa shape index (κ1) is 23.0. The summed E-state index contributed by atoms with van der Waals surface area (Å²) in [5.74, 6) is 0.474. The third-order valence-corrected chi connectivity index (χ3v) is 7.36. The molecule has 0 radical (unpaired) electrons. The van der Waals surface area contributed by atoms with Crippen molar-refractivity contribution in [1.82, 2.24) is 9.21 Å². The summed E-state index contributed by atoms with van der Waals surface area (Å²) >= 11 is 6.11. The van der Waals surface area contributed by atoms with Crippen LogP contribution in [0.1, 0.15) is 12.0 Å². The molecule has 0 spiro atoms. The minimum atomic E-state index is -4.03. The van der Waals surface area contributed by atoms with E-state index < -0.39 is 20.6 Å².